The summed E-state index contributed by atoms with van der Waals surface area (Å²) in [4.78, 5) is 17.5. The summed E-state index contributed by atoms with van der Waals surface area (Å²) >= 11 is 5.76. The highest BCUT2D eigenvalue weighted by Gasteiger charge is 2.41. The van der Waals surface area contributed by atoms with Crippen molar-refractivity contribution in [3.63, 3.8) is 0 Å². The van der Waals surface area contributed by atoms with Gasteiger partial charge in [-0.05, 0) is 61.1 Å². The van der Waals surface area contributed by atoms with Crippen LogP contribution in [0, 0.1) is 10.1 Å². The van der Waals surface area contributed by atoms with E-state index in [-0.39, 0.29) is 17.8 Å². The number of nitro groups is 1. The SMILES string of the molecule is COc1cc([N+](=O)[O-])ccc1-c1ccc([C@H]2[C@H](c3ccccn3)NC(=S)N2CCCNc2ccccc2)o1. The Morgan fingerprint density at radius 1 is 1.13 bits per heavy atom. The van der Waals surface area contributed by atoms with Gasteiger partial charge in [0.05, 0.1) is 35.4 Å². The van der Waals surface area contributed by atoms with Gasteiger partial charge in [0.15, 0.2) is 5.11 Å². The van der Waals surface area contributed by atoms with E-state index in [1.807, 2.05) is 60.7 Å². The van der Waals surface area contributed by atoms with E-state index in [2.05, 4.69) is 20.5 Å². The Morgan fingerprint density at radius 3 is 2.68 bits per heavy atom. The zero-order valence-electron chi connectivity index (χ0n) is 20.7. The number of ether oxygens (including phenoxy) is 1. The number of hydrogen-bond acceptors (Lipinski definition) is 7. The molecule has 1 fully saturated rings. The van der Waals surface area contributed by atoms with Crippen molar-refractivity contribution in [3.8, 4) is 17.1 Å². The molecular formula is C28H27N5O4S. The van der Waals surface area contributed by atoms with Crippen LogP contribution in [0.3, 0.4) is 0 Å². The van der Waals surface area contributed by atoms with Gasteiger partial charge in [-0.15, -0.1) is 0 Å². The van der Waals surface area contributed by atoms with Crippen molar-refractivity contribution >= 4 is 28.7 Å². The average molecular weight is 530 g/mol. The van der Waals surface area contributed by atoms with Crippen LogP contribution in [-0.4, -0.2) is 40.1 Å². The number of nitro benzene ring substituents is 1. The maximum Gasteiger partial charge on any atom is 0.273 e. The first-order valence-corrected chi connectivity index (χ1v) is 12.7. The fraction of sp³-hybridized carbons (Fsp3) is 0.214. The minimum Gasteiger partial charge on any atom is -0.496 e. The Hall–Kier alpha value is -4.44. The lowest BCUT2D eigenvalue weighted by Crippen LogP contribution is -2.31. The number of nitrogens with zero attached hydrogens (tertiary/aromatic N) is 3. The maximum atomic E-state index is 11.2. The molecule has 0 aliphatic carbocycles. The molecule has 2 atom stereocenters. The molecule has 9 nitrogen and oxygen atoms in total. The van der Waals surface area contributed by atoms with Crippen molar-refractivity contribution in [2.24, 2.45) is 0 Å². The number of hydrogen-bond donors (Lipinski definition) is 2. The van der Waals surface area contributed by atoms with Crippen LogP contribution in [-0.2, 0) is 0 Å². The van der Waals surface area contributed by atoms with Crippen molar-refractivity contribution in [3.05, 3.63) is 107 Å². The first kappa shape index (κ1) is 25.2. The van der Waals surface area contributed by atoms with E-state index in [0.29, 0.717) is 34.5 Å². The molecule has 1 aliphatic heterocycles. The van der Waals surface area contributed by atoms with E-state index >= 15 is 0 Å². The van der Waals surface area contributed by atoms with Gasteiger partial charge in [-0.3, -0.25) is 15.1 Å². The Bertz CT molecular complexity index is 1410. The van der Waals surface area contributed by atoms with Gasteiger partial charge in [-0.25, -0.2) is 0 Å². The lowest BCUT2D eigenvalue weighted by molar-refractivity contribution is -0.384. The molecule has 0 amide bonds. The highest BCUT2D eigenvalue weighted by molar-refractivity contribution is 7.80. The summed E-state index contributed by atoms with van der Waals surface area (Å²) in [6.07, 6.45) is 2.62. The van der Waals surface area contributed by atoms with Crippen molar-refractivity contribution in [2.45, 2.75) is 18.5 Å². The Balaban J connectivity index is 1.41. The standard InChI is InChI=1S/C28H27N5O4S/c1-36-25-18-20(33(34)35)11-12-21(25)23-13-14-24(37-23)27-26(22-10-5-6-15-30-22)31-28(38)32(27)17-7-16-29-19-8-3-2-4-9-19/h2-6,8-15,18,26-27,29H,7,16-17H2,1H3,(H,31,38)/t26-,27-/m0/s1. The quantitative estimate of drug-likeness (QED) is 0.115. The number of anilines is 1. The van der Waals surface area contributed by atoms with Crippen LogP contribution in [0.2, 0.25) is 0 Å². The summed E-state index contributed by atoms with van der Waals surface area (Å²) in [5.74, 6) is 1.62. The minimum absolute atomic E-state index is 0.0479. The third-order valence-electron chi connectivity index (χ3n) is 6.46. The molecule has 3 heterocycles. The summed E-state index contributed by atoms with van der Waals surface area (Å²) < 4.78 is 11.8. The lowest BCUT2D eigenvalue weighted by atomic mass is 10.0. The number of benzene rings is 2. The first-order chi connectivity index (χ1) is 18.5. The third-order valence-corrected chi connectivity index (χ3v) is 6.81. The molecule has 0 unspecified atom stereocenters. The number of rotatable bonds is 10. The summed E-state index contributed by atoms with van der Waals surface area (Å²) in [6.45, 7) is 1.49. The molecule has 4 aromatic rings. The molecule has 2 aromatic carbocycles. The van der Waals surface area contributed by atoms with Gasteiger partial charge in [0.25, 0.3) is 5.69 Å². The molecule has 38 heavy (non-hydrogen) atoms. The van der Waals surface area contributed by atoms with Crippen LogP contribution in [0.25, 0.3) is 11.3 Å². The van der Waals surface area contributed by atoms with E-state index in [0.717, 1.165) is 24.3 Å². The second-order valence-corrected chi connectivity index (χ2v) is 9.20. The number of non-ortho nitro benzene ring substituents is 1. The number of aromatic nitrogens is 1. The molecule has 0 spiro atoms. The predicted octanol–water partition coefficient (Wildman–Crippen LogP) is 5.73. The number of nitrogens with one attached hydrogen (secondary N) is 2. The van der Waals surface area contributed by atoms with Crippen LogP contribution >= 0.6 is 12.2 Å². The monoisotopic (exact) mass is 529 g/mol. The molecule has 0 saturated carbocycles. The fourth-order valence-electron chi connectivity index (χ4n) is 4.65. The molecule has 0 radical (unpaired) electrons. The van der Waals surface area contributed by atoms with E-state index in [1.54, 1.807) is 12.3 Å². The molecule has 0 bridgehead atoms. The number of thiocarbonyl (C=S) groups is 1. The second kappa shape index (κ2) is 11.3. The summed E-state index contributed by atoms with van der Waals surface area (Å²) in [6, 6.07) is 23.7. The van der Waals surface area contributed by atoms with Gasteiger partial charge in [-0.1, -0.05) is 24.3 Å². The second-order valence-electron chi connectivity index (χ2n) is 8.81. The van der Waals surface area contributed by atoms with Crippen molar-refractivity contribution < 1.29 is 14.1 Å². The van der Waals surface area contributed by atoms with Crippen LogP contribution in [0.15, 0.2) is 89.5 Å². The fourth-order valence-corrected chi connectivity index (χ4v) is 4.98. The van der Waals surface area contributed by atoms with Gasteiger partial charge in [0, 0.05) is 31.0 Å². The van der Waals surface area contributed by atoms with Crippen LogP contribution in [0.5, 0.6) is 5.75 Å². The highest BCUT2D eigenvalue weighted by atomic mass is 32.1. The Kier molecular flexibility index (Phi) is 7.50. The molecule has 2 N–H and O–H groups in total. The normalized spacial score (nSPS) is 16.8. The number of methoxy groups -OCH3 is 1. The topological polar surface area (TPSA) is 106 Å². The first-order valence-electron chi connectivity index (χ1n) is 12.2. The van der Waals surface area contributed by atoms with Gasteiger partial charge < -0.3 is 24.7 Å². The predicted molar refractivity (Wildman–Crippen MR) is 149 cm³/mol. The van der Waals surface area contributed by atoms with E-state index in [1.165, 1.54) is 19.2 Å². The summed E-state index contributed by atoms with van der Waals surface area (Å²) in [5, 5.41) is 18.7. The van der Waals surface area contributed by atoms with Gasteiger partial charge in [0.2, 0.25) is 0 Å². The van der Waals surface area contributed by atoms with E-state index < -0.39 is 4.92 Å². The van der Waals surface area contributed by atoms with Gasteiger partial charge >= 0.3 is 0 Å². The lowest BCUT2D eigenvalue weighted by Gasteiger charge is -2.26. The van der Waals surface area contributed by atoms with Crippen LogP contribution in [0.1, 0.15) is 30.0 Å². The number of para-hydroxylation sites is 1. The molecule has 5 rings (SSSR count). The molecule has 1 aliphatic rings. The van der Waals surface area contributed by atoms with Crippen molar-refractivity contribution in [2.75, 3.05) is 25.5 Å². The summed E-state index contributed by atoms with van der Waals surface area (Å²) in [5.41, 5.74) is 2.51. The third kappa shape index (κ3) is 5.30. The van der Waals surface area contributed by atoms with Crippen LogP contribution in [0.4, 0.5) is 11.4 Å². The smallest absolute Gasteiger partial charge is 0.273 e. The Labute approximate surface area is 225 Å². The summed E-state index contributed by atoms with van der Waals surface area (Å²) in [7, 11) is 1.48. The molecule has 194 valence electrons. The van der Waals surface area contributed by atoms with E-state index in [4.69, 9.17) is 21.4 Å². The zero-order chi connectivity index (χ0) is 26.5. The van der Waals surface area contributed by atoms with Crippen LogP contribution < -0.4 is 15.4 Å². The van der Waals surface area contributed by atoms with Crippen molar-refractivity contribution in [1.29, 1.82) is 0 Å². The highest BCUT2D eigenvalue weighted by Crippen LogP contribution is 2.42. The molecule has 2 aromatic heterocycles. The molecule has 1 saturated heterocycles. The Morgan fingerprint density at radius 2 is 1.95 bits per heavy atom. The molecule has 10 heteroatoms. The number of furan rings is 1. The maximum absolute atomic E-state index is 11.2. The van der Waals surface area contributed by atoms with E-state index in [9.17, 15) is 10.1 Å². The minimum atomic E-state index is -0.451. The van der Waals surface area contributed by atoms with Gasteiger partial charge in [0.1, 0.15) is 23.3 Å². The molecular weight excluding hydrogens is 502 g/mol. The largest absolute Gasteiger partial charge is 0.496 e. The number of pyridine rings is 1. The van der Waals surface area contributed by atoms with Gasteiger partial charge in [-0.2, -0.15) is 0 Å². The average Bonchev–Trinajstić information content (AvgIpc) is 3.56. The van der Waals surface area contributed by atoms with Crippen molar-refractivity contribution in [1.82, 2.24) is 15.2 Å². The zero-order valence-corrected chi connectivity index (χ0v) is 21.6.